The van der Waals surface area contributed by atoms with Crippen molar-refractivity contribution in [3.05, 3.63) is 65.9 Å². The molecule has 2 N–H and O–H groups in total. The molecule has 1 aromatic heterocycles. The van der Waals surface area contributed by atoms with Crippen LogP contribution in [0, 0.1) is 0 Å². The Morgan fingerprint density at radius 1 is 1.05 bits per heavy atom. The highest BCUT2D eigenvalue weighted by atomic mass is 16.4. The number of carboxylic acids is 1. The van der Waals surface area contributed by atoms with Crippen molar-refractivity contribution in [3.63, 3.8) is 0 Å². The van der Waals surface area contributed by atoms with Gasteiger partial charge in [0.05, 0.1) is 0 Å². The van der Waals surface area contributed by atoms with E-state index in [0.717, 1.165) is 22.2 Å². The first kappa shape index (κ1) is 13.2. The number of hydrogen-bond donors (Lipinski definition) is 2. The van der Waals surface area contributed by atoms with E-state index in [9.17, 15) is 4.79 Å². The van der Waals surface area contributed by atoms with Gasteiger partial charge in [0.2, 0.25) is 0 Å². The summed E-state index contributed by atoms with van der Waals surface area (Å²) in [6, 6.07) is 16.2. The Morgan fingerprint density at radius 3 is 2.48 bits per heavy atom. The lowest BCUT2D eigenvalue weighted by molar-refractivity contribution is -0.132. The van der Waals surface area contributed by atoms with Gasteiger partial charge >= 0.3 is 5.97 Å². The molecule has 0 aliphatic heterocycles. The highest BCUT2D eigenvalue weighted by molar-refractivity contribution is 5.91. The number of carbonyl (C=O) groups is 1. The van der Waals surface area contributed by atoms with E-state index < -0.39 is 5.97 Å². The molecule has 0 spiro atoms. The number of benzene rings is 2. The first-order valence-corrected chi connectivity index (χ1v) is 6.73. The van der Waals surface area contributed by atoms with Crippen LogP contribution in [0.15, 0.2) is 60.3 Å². The van der Waals surface area contributed by atoms with Crippen LogP contribution in [-0.4, -0.2) is 16.1 Å². The molecule has 0 bridgehead atoms. The summed E-state index contributed by atoms with van der Waals surface area (Å²) < 4.78 is 0. The van der Waals surface area contributed by atoms with Crippen molar-refractivity contribution >= 4 is 22.9 Å². The standard InChI is InChI=1S/C18H15NO2/c1-12(18(20)21)10-13-2-4-14(5-3-13)15-6-7-17-16(11-15)8-9-19-17/h2-11,19H,1H3,(H,20,21)/b12-10+. The van der Waals surface area contributed by atoms with E-state index in [4.69, 9.17) is 5.11 Å². The van der Waals surface area contributed by atoms with Crippen molar-refractivity contribution in [2.75, 3.05) is 0 Å². The first-order valence-electron chi connectivity index (χ1n) is 6.73. The average Bonchev–Trinajstić information content (AvgIpc) is 2.95. The van der Waals surface area contributed by atoms with Gasteiger partial charge in [-0.15, -0.1) is 0 Å². The fourth-order valence-corrected chi connectivity index (χ4v) is 2.32. The third-order valence-corrected chi connectivity index (χ3v) is 3.52. The van der Waals surface area contributed by atoms with Crippen molar-refractivity contribution in [1.82, 2.24) is 4.98 Å². The van der Waals surface area contributed by atoms with Crippen LogP contribution in [0.25, 0.3) is 28.1 Å². The normalized spacial score (nSPS) is 11.8. The van der Waals surface area contributed by atoms with Crippen LogP contribution >= 0.6 is 0 Å². The molecule has 0 fully saturated rings. The van der Waals surface area contributed by atoms with Crippen LogP contribution in [0.2, 0.25) is 0 Å². The number of hydrogen-bond acceptors (Lipinski definition) is 1. The zero-order valence-corrected chi connectivity index (χ0v) is 11.6. The molecule has 104 valence electrons. The average molecular weight is 277 g/mol. The Morgan fingerprint density at radius 2 is 1.76 bits per heavy atom. The van der Waals surface area contributed by atoms with E-state index in [1.165, 1.54) is 5.39 Å². The number of rotatable bonds is 3. The second-order valence-corrected chi connectivity index (χ2v) is 5.03. The van der Waals surface area contributed by atoms with Gasteiger partial charge in [0.1, 0.15) is 0 Å². The number of aliphatic carboxylic acids is 1. The van der Waals surface area contributed by atoms with Crippen molar-refractivity contribution in [2.24, 2.45) is 0 Å². The van der Waals surface area contributed by atoms with E-state index in [2.05, 4.69) is 23.2 Å². The van der Waals surface area contributed by atoms with Gasteiger partial charge in [-0.05, 0) is 53.3 Å². The Bertz CT molecular complexity index is 826. The van der Waals surface area contributed by atoms with E-state index in [1.54, 1.807) is 13.0 Å². The fourth-order valence-electron chi connectivity index (χ4n) is 2.32. The van der Waals surface area contributed by atoms with Gasteiger partial charge in [-0.25, -0.2) is 4.79 Å². The SMILES string of the molecule is C/C(=C\c1ccc(-c2ccc3[nH]ccc3c2)cc1)C(=O)O. The number of aromatic amines is 1. The van der Waals surface area contributed by atoms with Crippen molar-refractivity contribution < 1.29 is 9.90 Å². The quantitative estimate of drug-likeness (QED) is 0.700. The third kappa shape index (κ3) is 2.72. The lowest BCUT2D eigenvalue weighted by Crippen LogP contribution is -1.95. The van der Waals surface area contributed by atoms with Crippen molar-refractivity contribution in [3.8, 4) is 11.1 Å². The molecule has 0 saturated carbocycles. The van der Waals surface area contributed by atoms with Gasteiger partial charge in [0.25, 0.3) is 0 Å². The van der Waals surface area contributed by atoms with Gasteiger partial charge < -0.3 is 10.1 Å². The summed E-state index contributed by atoms with van der Waals surface area (Å²) in [6.07, 6.45) is 3.60. The molecular formula is C18H15NO2. The molecule has 21 heavy (non-hydrogen) atoms. The Kier molecular flexibility index (Phi) is 3.32. The molecule has 0 aliphatic carbocycles. The molecule has 0 aliphatic rings. The molecule has 3 rings (SSSR count). The first-order chi connectivity index (χ1) is 10.1. The Labute approximate surface area is 122 Å². The predicted molar refractivity (Wildman–Crippen MR) is 85.0 cm³/mol. The summed E-state index contributed by atoms with van der Waals surface area (Å²) >= 11 is 0. The predicted octanol–water partition coefficient (Wildman–Crippen LogP) is 4.32. The number of H-pyrrole nitrogens is 1. The summed E-state index contributed by atoms with van der Waals surface area (Å²) in [6.45, 7) is 1.59. The summed E-state index contributed by atoms with van der Waals surface area (Å²) in [5, 5.41) is 10.1. The number of aromatic nitrogens is 1. The third-order valence-electron chi connectivity index (χ3n) is 3.52. The van der Waals surface area contributed by atoms with Gasteiger partial charge in [0.15, 0.2) is 0 Å². The Balaban J connectivity index is 1.93. The summed E-state index contributed by atoms with van der Waals surface area (Å²) in [5.41, 5.74) is 4.60. The van der Waals surface area contributed by atoms with Gasteiger partial charge in [-0.1, -0.05) is 30.3 Å². The number of fused-ring (bicyclic) bond motifs is 1. The smallest absolute Gasteiger partial charge is 0.331 e. The largest absolute Gasteiger partial charge is 0.478 e. The molecule has 0 saturated heterocycles. The minimum atomic E-state index is -0.892. The zero-order chi connectivity index (χ0) is 14.8. The van der Waals surface area contributed by atoms with Crippen LogP contribution in [-0.2, 0) is 4.79 Å². The van der Waals surface area contributed by atoms with Crippen LogP contribution in [0.3, 0.4) is 0 Å². The minimum absolute atomic E-state index is 0.330. The Hall–Kier alpha value is -2.81. The van der Waals surface area contributed by atoms with Gasteiger partial charge in [-0.2, -0.15) is 0 Å². The van der Waals surface area contributed by atoms with Crippen LogP contribution < -0.4 is 0 Å². The molecule has 3 heteroatoms. The van der Waals surface area contributed by atoms with Crippen molar-refractivity contribution in [2.45, 2.75) is 6.92 Å². The summed E-state index contributed by atoms with van der Waals surface area (Å²) in [4.78, 5) is 14.0. The maximum absolute atomic E-state index is 10.8. The lowest BCUT2D eigenvalue weighted by Gasteiger charge is -2.03. The van der Waals surface area contributed by atoms with E-state index in [1.807, 2.05) is 36.5 Å². The summed E-state index contributed by atoms with van der Waals surface area (Å²) in [7, 11) is 0. The zero-order valence-electron chi connectivity index (χ0n) is 11.6. The topological polar surface area (TPSA) is 53.1 Å². The molecule has 1 heterocycles. The molecule has 3 aromatic rings. The minimum Gasteiger partial charge on any atom is -0.478 e. The molecule has 0 atom stereocenters. The number of carboxylic acid groups (broad SMARTS) is 1. The number of nitrogens with one attached hydrogen (secondary N) is 1. The molecule has 0 radical (unpaired) electrons. The second kappa shape index (κ2) is 5.29. The maximum atomic E-state index is 10.8. The maximum Gasteiger partial charge on any atom is 0.331 e. The highest BCUT2D eigenvalue weighted by Gasteiger charge is 2.02. The molecular weight excluding hydrogens is 262 g/mol. The van der Waals surface area contributed by atoms with Crippen LogP contribution in [0.1, 0.15) is 12.5 Å². The van der Waals surface area contributed by atoms with Gasteiger partial charge in [-0.3, -0.25) is 0 Å². The fraction of sp³-hybridized carbons (Fsp3) is 0.0556. The second-order valence-electron chi connectivity index (χ2n) is 5.03. The molecule has 2 aromatic carbocycles. The summed E-state index contributed by atoms with van der Waals surface area (Å²) in [5.74, 6) is -0.892. The van der Waals surface area contributed by atoms with Crippen LogP contribution in [0.4, 0.5) is 0 Å². The molecule has 0 unspecified atom stereocenters. The van der Waals surface area contributed by atoms with E-state index in [-0.39, 0.29) is 0 Å². The van der Waals surface area contributed by atoms with E-state index in [0.29, 0.717) is 5.57 Å². The van der Waals surface area contributed by atoms with Crippen LogP contribution in [0.5, 0.6) is 0 Å². The highest BCUT2D eigenvalue weighted by Crippen LogP contribution is 2.24. The molecule has 3 nitrogen and oxygen atoms in total. The van der Waals surface area contributed by atoms with Gasteiger partial charge in [0, 0.05) is 17.3 Å². The lowest BCUT2D eigenvalue weighted by atomic mass is 10.0. The monoisotopic (exact) mass is 277 g/mol. The van der Waals surface area contributed by atoms with E-state index >= 15 is 0 Å². The molecule has 0 amide bonds. The van der Waals surface area contributed by atoms with Crippen molar-refractivity contribution in [1.29, 1.82) is 0 Å².